The highest BCUT2D eigenvalue weighted by atomic mass is 16.4. The van der Waals surface area contributed by atoms with Gasteiger partial charge in [-0.25, -0.2) is 9.78 Å². The van der Waals surface area contributed by atoms with E-state index in [1.54, 1.807) is 0 Å². The highest BCUT2D eigenvalue weighted by Gasteiger charge is 2.13. The van der Waals surface area contributed by atoms with Crippen LogP contribution in [-0.4, -0.2) is 22.0 Å². The molecule has 1 amide bonds. The largest absolute Gasteiger partial charge is 0.478 e. The third-order valence-electron chi connectivity index (χ3n) is 2.91. The SMILES string of the molecule is Cc1ccccc1CC(=O)Nc1ncccc1C(=O)O. The minimum absolute atomic E-state index is 0.0226. The van der Waals surface area contributed by atoms with Gasteiger partial charge in [0.05, 0.1) is 6.42 Å². The molecule has 0 spiro atoms. The first-order chi connectivity index (χ1) is 9.58. The summed E-state index contributed by atoms with van der Waals surface area (Å²) in [5.41, 5.74) is 1.89. The molecule has 102 valence electrons. The number of anilines is 1. The van der Waals surface area contributed by atoms with Crippen LogP contribution in [0.25, 0.3) is 0 Å². The van der Waals surface area contributed by atoms with Gasteiger partial charge >= 0.3 is 5.97 Å². The van der Waals surface area contributed by atoms with Crippen LogP contribution in [0.5, 0.6) is 0 Å². The Kier molecular flexibility index (Phi) is 4.10. The van der Waals surface area contributed by atoms with E-state index in [-0.39, 0.29) is 23.7 Å². The Morgan fingerprint density at radius 3 is 2.65 bits per heavy atom. The molecule has 0 radical (unpaired) electrons. The zero-order chi connectivity index (χ0) is 14.5. The molecule has 2 N–H and O–H groups in total. The van der Waals surface area contributed by atoms with Crippen LogP contribution in [0.3, 0.4) is 0 Å². The van der Waals surface area contributed by atoms with Crippen LogP contribution in [0.4, 0.5) is 5.82 Å². The van der Waals surface area contributed by atoms with E-state index >= 15 is 0 Å². The normalized spacial score (nSPS) is 10.1. The number of aromatic carboxylic acids is 1. The van der Waals surface area contributed by atoms with Crippen molar-refractivity contribution in [3.05, 3.63) is 59.3 Å². The van der Waals surface area contributed by atoms with Crippen LogP contribution in [0, 0.1) is 6.92 Å². The van der Waals surface area contributed by atoms with Crippen molar-refractivity contribution in [3.63, 3.8) is 0 Å². The molecule has 0 atom stereocenters. The van der Waals surface area contributed by atoms with Crippen molar-refractivity contribution < 1.29 is 14.7 Å². The van der Waals surface area contributed by atoms with Gasteiger partial charge in [-0.3, -0.25) is 4.79 Å². The summed E-state index contributed by atoms with van der Waals surface area (Å²) in [5, 5.41) is 11.6. The van der Waals surface area contributed by atoms with Gasteiger partial charge in [0.2, 0.25) is 5.91 Å². The lowest BCUT2D eigenvalue weighted by Crippen LogP contribution is -2.18. The Hall–Kier alpha value is -2.69. The number of pyridine rings is 1. The minimum Gasteiger partial charge on any atom is -0.478 e. The summed E-state index contributed by atoms with van der Waals surface area (Å²) in [7, 11) is 0. The van der Waals surface area contributed by atoms with Gasteiger partial charge in [0.1, 0.15) is 11.4 Å². The Morgan fingerprint density at radius 2 is 1.95 bits per heavy atom. The van der Waals surface area contributed by atoms with Crippen LogP contribution in [0.1, 0.15) is 21.5 Å². The first kappa shape index (κ1) is 13.7. The van der Waals surface area contributed by atoms with Crippen molar-refractivity contribution in [1.82, 2.24) is 4.98 Å². The molecule has 5 heteroatoms. The molecule has 0 bridgehead atoms. The van der Waals surface area contributed by atoms with E-state index in [0.29, 0.717) is 0 Å². The number of benzene rings is 1. The average Bonchev–Trinajstić information content (AvgIpc) is 2.41. The van der Waals surface area contributed by atoms with Crippen LogP contribution in [-0.2, 0) is 11.2 Å². The van der Waals surface area contributed by atoms with Gasteiger partial charge in [0, 0.05) is 6.20 Å². The quantitative estimate of drug-likeness (QED) is 0.893. The second-order valence-corrected chi connectivity index (χ2v) is 4.36. The maximum Gasteiger partial charge on any atom is 0.339 e. The molecule has 2 aromatic rings. The maximum atomic E-state index is 12.0. The number of rotatable bonds is 4. The molecular weight excluding hydrogens is 256 g/mol. The number of amides is 1. The van der Waals surface area contributed by atoms with E-state index in [1.165, 1.54) is 18.3 Å². The van der Waals surface area contributed by atoms with Gasteiger partial charge in [-0.1, -0.05) is 24.3 Å². The van der Waals surface area contributed by atoms with Crippen LogP contribution in [0.2, 0.25) is 0 Å². The topological polar surface area (TPSA) is 79.3 Å². The fraction of sp³-hybridized carbons (Fsp3) is 0.133. The third kappa shape index (κ3) is 3.20. The molecule has 1 heterocycles. The molecule has 0 fully saturated rings. The molecule has 0 saturated carbocycles. The molecule has 1 aromatic heterocycles. The van der Waals surface area contributed by atoms with Crippen molar-refractivity contribution >= 4 is 17.7 Å². The van der Waals surface area contributed by atoms with E-state index in [4.69, 9.17) is 5.11 Å². The summed E-state index contributed by atoms with van der Waals surface area (Å²) >= 11 is 0. The number of carbonyl (C=O) groups excluding carboxylic acids is 1. The van der Waals surface area contributed by atoms with Crippen molar-refractivity contribution in [2.45, 2.75) is 13.3 Å². The summed E-state index contributed by atoms with van der Waals surface area (Å²) in [6.07, 6.45) is 1.62. The van der Waals surface area contributed by atoms with E-state index < -0.39 is 5.97 Å². The zero-order valence-corrected chi connectivity index (χ0v) is 11.0. The minimum atomic E-state index is -1.12. The number of carbonyl (C=O) groups is 2. The summed E-state index contributed by atoms with van der Waals surface area (Å²) < 4.78 is 0. The molecule has 1 aromatic carbocycles. The standard InChI is InChI=1S/C15H14N2O3/c1-10-5-2-3-6-11(10)9-13(18)17-14-12(15(19)20)7-4-8-16-14/h2-8H,9H2,1H3,(H,19,20)(H,16,17,18). The first-order valence-corrected chi connectivity index (χ1v) is 6.10. The number of nitrogens with one attached hydrogen (secondary N) is 1. The van der Waals surface area contributed by atoms with E-state index in [0.717, 1.165) is 11.1 Å². The first-order valence-electron chi connectivity index (χ1n) is 6.10. The molecule has 2 rings (SSSR count). The Balaban J connectivity index is 2.13. The lowest BCUT2D eigenvalue weighted by Gasteiger charge is -2.08. The summed E-state index contributed by atoms with van der Waals surface area (Å²) in [6.45, 7) is 1.92. The molecule has 0 aliphatic heterocycles. The highest BCUT2D eigenvalue weighted by Crippen LogP contribution is 2.13. The second kappa shape index (κ2) is 5.97. The fourth-order valence-electron chi connectivity index (χ4n) is 1.84. The summed E-state index contributed by atoms with van der Waals surface area (Å²) in [6, 6.07) is 10.5. The predicted molar refractivity (Wildman–Crippen MR) is 74.7 cm³/mol. The molecule has 0 aliphatic carbocycles. The van der Waals surface area contributed by atoms with Crippen molar-refractivity contribution in [1.29, 1.82) is 0 Å². The van der Waals surface area contributed by atoms with Crippen molar-refractivity contribution in [2.75, 3.05) is 5.32 Å². The Morgan fingerprint density at radius 1 is 1.20 bits per heavy atom. The molecule has 5 nitrogen and oxygen atoms in total. The van der Waals surface area contributed by atoms with Gasteiger partial charge in [0.15, 0.2) is 0 Å². The fourth-order valence-corrected chi connectivity index (χ4v) is 1.84. The summed E-state index contributed by atoms with van der Waals surface area (Å²) in [5.74, 6) is -1.34. The van der Waals surface area contributed by atoms with Crippen LogP contribution < -0.4 is 5.32 Å². The number of carboxylic acids is 1. The Bertz CT molecular complexity index is 653. The lowest BCUT2D eigenvalue weighted by molar-refractivity contribution is -0.115. The highest BCUT2D eigenvalue weighted by molar-refractivity contribution is 5.99. The number of aryl methyl sites for hydroxylation is 1. The second-order valence-electron chi connectivity index (χ2n) is 4.36. The smallest absolute Gasteiger partial charge is 0.339 e. The molecular formula is C15H14N2O3. The van der Waals surface area contributed by atoms with E-state index in [9.17, 15) is 9.59 Å². The van der Waals surface area contributed by atoms with Gasteiger partial charge in [-0.05, 0) is 30.2 Å². The van der Waals surface area contributed by atoms with Gasteiger partial charge in [-0.15, -0.1) is 0 Å². The van der Waals surface area contributed by atoms with Crippen LogP contribution in [0.15, 0.2) is 42.6 Å². The van der Waals surface area contributed by atoms with E-state index in [1.807, 2.05) is 31.2 Å². The van der Waals surface area contributed by atoms with Gasteiger partial charge in [-0.2, -0.15) is 0 Å². The Labute approximate surface area is 116 Å². The average molecular weight is 270 g/mol. The summed E-state index contributed by atoms with van der Waals surface area (Å²) in [4.78, 5) is 26.9. The number of carboxylic acid groups (broad SMARTS) is 1. The number of aromatic nitrogens is 1. The molecule has 20 heavy (non-hydrogen) atoms. The van der Waals surface area contributed by atoms with Gasteiger partial charge < -0.3 is 10.4 Å². The van der Waals surface area contributed by atoms with Crippen molar-refractivity contribution in [3.8, 4) is 0 Å². The number of nitrogens with zero attached hydrogens (tertiary/aromatic N) is 1. The lowest BCUT2D eigenvalue weighted by atomic mass is 10.1. The molecule has 0 unspecified atom stereocenters. The van der Waals surface area contributed by atoms with Gasteiger partial charge in [0.25, 0.3) is 0 Å². The number of hydrogen-bond donors (Lipinski definition) is 2. The van der Waals surface area contributed by atoms with Crippen LogP contribution >= 0.6 is 0 Å². The zero-order valence-electron chi connectivity index (χ0n) is 11.0. The molecule has 0 saturated heterocycles. The van der Waals surface area contributed by atoms with E-state index in [2.05, 4.69) is 10.3 Å². The monoisotopic (exact) mass is 270 g/mol. The maximum absolute atomic E-state index is 12.0. The molecule has 0 aliphatic rings. The number of hydrogen-bond acceptors (Lipinski definition) is 3. The van der Waals surface area contributed by atoms with Crippen molar-refractivity contribution in [2.24, 2.45) is 0 Å². The predicted octanol–water partition coefficient (Wildman–Crippen LogP) is 2.27. The third-order valence-corrected chi connectivity index (χ3v) is 2.91.